The molecule has 70 heavy (non-hydrogen) atoms. The molecule has 0 aromatic heterocycles. The third-order valence-electron chi connectivity index (χ3n) is 12.9. The molecule has 2 aliphatic rings. The van der Waals surface area contributed by atoms with E-state index in [9.17, 15) is 0 Å². The predicted octanol–water partition coefficient (Wildman–Crippen LogP) is 11.0. The molecule has 0 radical (unpaired) electrons. The van der Waals surface area contributed by atoms with Crippen molar-refractivity contribution in [1.82, 2.24) is 0 Å². The normalized spacial score (nSPS) is 12.1. The molecule has 0 saturated carbocycles. The summed E-state index contributed by atoms with van der Waals surface area (Å²) in [5.41, 5.74) is 16.5. The Kier molecular flexibility index (Phi) is 18.4. The van der Waals surface area contributed by atoms with Gasteiger partial charge in [-0.25, -0.2) is 0 Å². The monoisotopic (exact) mass is 1100 g/mol. The molecule has 0 saturated heterocycles. The molecule has 10 aromatic rings. The Morgan fingerprint density at radius 1 is 0.386 bits per heavy atom. The van der Waals surface area contributed by atoms with Gasteiger partial charge in [0.05, 0.1) is 0 Å². The van der Waals surface area contributed by atoms with Crippen LogP contribution in [0.25, 0.3) is 54.2 Å². The zero-order chi connectivity index (χ0) is 47.0. The van der Waals surface area contributed by atoms with Gasteiger partial charge in [0.25, 0.3) is 0 Å². The summed E-state index contributed by atoms with van der Waals surface area (Å²) in [7, 11) is 0. The molecule has 0 N–H and O–H groups in total. The molecule has 0 bridgehead atoms. The van der Waals surface area contributed by atoms with Gasteiger partial charge >= 0.3 is 198 Å². The Morgan fingerprint density at radius 2 is 0.700 bits per heavy atom. The standard InChI is InChI=1S/2C20H17.2C13H10.2ClH.2Zr/c2*1-13-7-9-17-16(11-13)12-19-18(17)10-8-14(2)20(19)15-5-3-4-6-15;2*1-3-7-12(8-4-1)11-13-9-5-2-6-10-13;;;;/h2*3-5,7-12H,6H2,1-2H3;2*1-10H;2*1H;;/q2*-1;;;;;;/p-2. The van der Waals surface area contributed by atoms with Crippen molar-refractivity contribution >= 4 is 60.6 Å². The number of halogens is 2. The molecular weight excluding hydrogens is 1050 g/mol. The molecule has 4 heteroatoms. The van der Waals surface area contributed by atoms with Crippen molar-refractivity contribution in [2.24, 2.45) is 0 Å². The van der Waals surface area contributed by atoms with Gasteiger partial charge in [0.15, 0.2) is 0 Å². The van der Waals surface area contributed by atoms with Crippen LogP contribution in [0, 0.1) is 27.7 Å². The fourth-order valence-corrected chi connectivity index (χ4v) is 11.1. The average Bonchev–Trinajstić information content (AvgIpc) is 4.23. The van der Waals surface area contributed by atoms with Gasteiger partial charge in [-0.05, 0) is 40.5 Å². The first-order valence-electron chi connectivity index (χ1n) is 23.5. The third kappa shape index (κ3) is 12.0. The topological polar surface area (TPSA) is 0 Å². The van der Waals surface area contributed by atoms with Crippen molar-refractivity contribution in [3.8, 4) is 0 Å². The van der Waals surface area contributed by atoms with Gasteiger partial charge in [0, 0.05) is 0 Å². The van der Waals surface area contributed by atoms with E-state index >= 15 is 0 Å². The first-order chi connectivity index (χ1) is 33.2. The molecule has 10 aromatic carbocycles. The first kappa shape index (κ1) is 52.4. The summed E-state index contributed by atoms with van der Waals surface area (Å²) < 4.78 is 2.83. The Hall–Kier alpha value is -5.45. The van der Waals surface area contributed by atoms with E-state index in [4.69, 9.17) is 0 Å². The van der Waals surface area contributed by atoms with E-state index in [2.05, 4.69) is 258 Å². The van der Waals surface area contributed by atoms with E-state index in [1.165, 1.54) is 165 Å². The molecule has 12 rings (SSSR count). The summed E-state index contributed by atoms with van der Waals surface area (Å²) >= 11 is 2.92. The molecule has 0 spiro atoms. The fraction of sp³-hybridized carbons (Fsp3) is 0.0909. The summed E-state index contributed by atoms with van der Waals surface area (Å²) in [5.74, 6) is 0. The van der Waals surface area contributed by atoms with Crippen LogP contribution in [0.4, 0.5) is 0 Å². The van der Waals surface area contributed by atoms with E-state index in [0.717, 1.165) is 12.8 Å². The van der Waals surface area contributed by atoms with Gasteiger partial charge in [0.1, 0.15) is 0 Å². The van der Waals surface area contributed by atoms with Gasteiger partial charge in [-0.1, -0.05) is 130 Å². The van der Waals surface area contributed by atoms with Crippen LogP contribution in [-0.4, -0.2) is 6.41 Å². The summed E-state index contributed by atoms with van der Waals surface area (Å²) in [6, 6.07) is 69.5. The van der Waals surface area contributed by atoms with Crippen LogP contribution >= 0.6 is 0 Å². The van der Waals surface area contributed by atoms with Crippen LogP contribution < -0.4 is 24.8 Å². The number of allylic oxidation sites excluding steroid dienone is 8. The SMILES string of the molecule is Cc1ccc2c(c1)[cH-]c1c(C3=CC=CC3)c(C)ccc12.Cc1ccc2c(c1)[cH-]c1c(C3=CC=CC3)c(C)ccc12.[Cl-].[Cl-].[Zr]=[C](c1ccccc1)c1ccccc1.[Zr]=[C](c1ccccc1)c1ccccc1. The van der Waals surface area contributed by atoms with Crippen molar-refractivity contribution in [2.45, 2.75) is 40.5 Å². The van der Waals surface area contributed by atoms with Crippen molar-refractivity contribution < 1.29 is 73.3 Å². The van der Waals surface area contributed by atoms with Gasteiger partial charge in [-0.3, -0.25) is 0 Å². The zero-order valence-corrected chi connectivity index (χ0v) is 46.5. The number of fused-ring (bicyclic) bond motifs is 6. The maximum atomic E-state index is 2.36. The van der Waals surface area contributed by atoms with E-state index in [-0.39, 0.29) is 24.8 Å². The molecule has 0 unspecified atom stereocenters. The molecule has 0 fully saturated rings. The van der Waals surface area contributed by atoms with Gasteiger partial charge in [-0.15, -0.1) is 67.4 Å². The van der Waals surface area contributed by atoms with E-state index in [1.54, 1.807) is 0 Å². The van der Waals surface area contributed by atoms with Crippen molar-refractivity contribution in [1.29, 1.82) is 0 Å². The molecule has 0 heterocycles. The molecule has 0 amide bonds. The molecular formula is C66H54Cl2Zr2-4. The summed E-state index contributed by atoms with van der Waals surface area (Å²) in [6.07, 6.45) is 15.4. The second kappa shape index (κ2) is 24.6. The summed E-state index contributed by atoms with van der Waals surface area (Å²) in [5, 5.41) is 11.0. The summed E-state index contributed by atoms with van der Waals surface area (Å²) in [4.78, 5) is 0. The number of rotatable bonds is 6. The van der Waals surface area contributed by atoms with E-state index in [1.807, 2.05) is 0 Å². The number of hydrogen-bond acceptors (Lipinski definition) is 0. The fourth-order valence-electron chi connectivity index (χ4n) is 9.50. The Morgan fingerprint density at radius 3 is 1.00 bits per heavy atom. The molecule has 0 atom stereocenters. The van der Waals surface area contributed by atoms with E-state index < -0.39 is 0 Å². The van der Waals surface area contributed by atoms with Gasteiger partial charge in [0.2, 0.25) is 0 Å². The number of benzene rings is 8. The van der Waals surface area contributed by atoms with Crippen LogP contribution in [-0.2, 0) is 48.5 Å². The zero-order valence-electron chi connectivity index (χ0n) is 40.1. The third-order valence-corrected chi connectivity index (χ3v) is 15.8. The number of aryl methyl sites for hydroxylation is 4. The van der Waals surface area contributed by atoms with Crippen LogP contribution in [0.1, 0.15) is 68.5 Å². The van der Waals surface area contributed by atoms with E-state index in [0.29, 0.717) is 0 Å². The Labute approximate surface area is 456 Å². The minimum absolute atomic E-state index is 0. The molecule has 0 nitrogen and oxygen atoms in total. The Balaban J connectivity index is 0.000000138. The minimum atomic E-state index is 0. The molecule has 344 valence electrons. The van der Waals surface area contributed by atoms with Crippen LogP contribution in [0.2, 0.25) is 0 Å². The van der Waals surface area contributed by atoms with Gasteiger partial charge < -0.3 is 24.8 Å². The van der Waals surface area contributed by atoms with Gasteiger partial charge in [-0.2, -0.15) is 0 Å². The quantitative estimate of drug-likeness (QED) is 0.146. The average molecular weight is 1100 g/mol. The van der Waals surface area contributed by atoms with Crippen LogP contribution in [0.5, 0.6) is 0 Å². The second-order valence-corrected chi connectivity index (χ2v) is 20.2. The maximum absolute atomic E-state index is 2.36. The molecule has 0 aliphatic heterocycles. The van der Waals surface area contributed by atoms with Crippen molar-refractivity contribution in [3.05, 3.63) is 286 Å². The number of hydrogen-bond donors (Lipinski definition) is 0. The second-order valence-electron chi connectivity index (χ2n) is 17.8. The van der Waals surface area contributed by atoms with Crippen molar-refractivity contribution in [2.75, 3.05) is 0 Å². The van der Waals surface area contributed by atoms with Crippen LogP contribution in [0.3, 0.4) is 0 Å². The predicted molar refractivity (Wildman–Crippen MR) is 289 cm³/mol. The van der Waals surface area contributed by atoms with Crippen LogP contribution in [0.15, 0.2) is 231 Å². The Bertz CT molecular complexity index is 3230. The summed E-state index contributed by atoms with van der Waals surface area (Å²) in [6.45, 7) is 8.76. The van der Waals surface area contributed by atoms with Crippen molar-refractivity contribution in [3.63, 3.8) is 0 Å². The molecule has 2 aliphatic carbocycles. The first-order valence-corrected chi connectivity index (χ1v) is 26.0.